The van der Waals surface area contributed by atoms with Gasteiger partial charge in [-0.05, 0) is 40.1 Å². The smallest absolute Gasteiger partial charge is 0.227 e. The highest BCUT2D eigenvalue weighted by Gasteiger charge is 2.10. The number of carbonyl (C=O) groups is 1. The highest BCUT2D eigenvalue weighted by atomic mass is 16.5. The standard InChI is InChI=1S/C21H21NO2/c1-22(21(23)14-16-8-11-20(24-2)12-9-16)15-17-7-10-18-5-3-4-6-19(18)13-17/h3-13H,14-15H2,1-2H3. The zero-order chi connectivity index (χ0) is 16.9. The van der Waals surface area contributed by atoms with Crippen molar-refractivity contribution in [2.75, 3.05) is 14.2 Å². The third-order valence-electron chi connectivity index (χ3n) is 4.17. The van der Waals surface area contributed by atoms with Crippen LogP contribution in [0.1, 0.15) is 11.1 Å². The maximum atomic E-state index is 12.4. The number of ether oxygens (including phenoxy) is 1. The van der Waals surface area contributed by atoms with Gasteiger partial charge in [0, 0.05) is 13.6 Å². The van der Waals surface area contributed by atoms with E-state index >= 15 is 0 Å². The van der Waals surface area contributed by atoms with E-state index in [9.17, 15) is 4.79 Å². The maximum absolute atomic E-state index is 12.4. The van der Waals surface area contributed by atoms with Crippen LogP contribution in [0.15, 0.2) is 66.7 Å². The van der Waals surface area contributed by atoms with Crippen molar-refractivity contribution >= 4 is 16.7 Å². The number of nitrogens with zero attached hydrogens (tertiary/aromatic N) is 1. The Labute approximate surface area is 142 Å². The number of benzene rings is 3. The Morgan fingerprint density at radius 2 is 1.58 bits per heavy atom. The molecule has 0 radical (unpaired) electrons. The quantitative estimate of drug-likeness (QED) is 0.710. The van der Waals surface area contributed by atoms with E-state index in [0.29, 0.717) is 13.0 Å². The predicted molar refractivity (Wildman–Crippen MR) is 97.1 cm³/mol. The Bertz CT molecular complexity index is 840. The van der Waals surface area contributed by atoms with E-state index in [-0.39, 0.29) is 5.91 Å². The van der Waals surface area contributed by atoms with Crippen LogP contribution in [0.2, 0.25) is 0 Å². The van der Waals surface area contributed by atoms with Gasteiger partial charge < -0.3 is 9.64 Å². The molecule has 0 aromatic heterocycles. The number of hydrogen-bond acceptors (Lipinski definition) is 2. The molecule has 3 nitrogen and oxygen atoms in total. The molecule has 3 aromatic rings. The van der Waals surface area contributed by atoms with Crippen LogP contribution in [0.4, 0.5) is 0 Å². The first-order valence-corrected chi connectivity index (χ1v) is 8.00. The van der Waals surface area contributed by atoms with Gasteiger partial charge in [0.1, 0.15) is 5.75 Å². The lowest BCUT2D eigenvalue weighted by molar-refractivity contribution is -0.129. The summed E-state index contributed by atoms with van der Waals surface area (Å²) in [5.41, 5.74) is 2.13. The molecule has 3 aromatic carbocycles. The second kappa shape index (κ2) is 7.18. The number of methoxy groups -OCH3 is 1. The summed E-state index contributed by atoms with van der Waals surface area (Å²) in [4.78, 5) is 14.2. The molecule has 3 heteroatoms. The van der Waals surface area contributed by atoms with E-state index in [1.54, 1.807) is 12.0 Å². The van der Waals surface area contributed by atoms with Crippen LogP contribution in [0.25, 0.3) is 10.8 Å². The van der Waals surface area contributed by atoms with E-state index < -0.39 is 0 Å². The van der Waals surface area contributed by atoms with Crippen molar-refractivity contribution < 1.29 is 9.53 Å². The van der Waals surface area contributed by atoms with Gasteiger partial charge in [-0.15, -0.1) is 0 Å². The molecule has 24 heavy (non-hydrogen) atoms. The molecular formula is C21H21NO2. The van der Waals surface area contributed by atoms with Gasteiger partial charge in [0.2, 0.25) is 5.91 Å². The number of carbonyl (C=O) groups excluding carboxylic acids is 1. The van der Waals surface area contributed by atoms with Crippen LogP contribution >= 0.6 is 0 Å². The average Bonchev–Trinajstić information content (AvgIpc) is 2.62. The number of fused-ring (bicyclic) bond motifs is 1. The highest BCUT2D eigenvalue weighted by Crippen LogP contribution is 2.17. The summed E-state index contributed by atoms with van der Waals surface area (Å²) >= 11 is 0. The molecule has 0 atom stereocenters. The van der Waals surface area contributed by atoms with Gasteiger partial charge >= 0.3 is 0 Å². The zero-order valence-corrected chi connectivity index (χ0v) is 14.0. The third kappa shape index (κ3) is 3.74. The van der Waals surface area contributed by atoms with Crippen LogP contribution in [-0.4, -0.2) is 25.0 Å². The van der Waals surface area contributed by atoms with Crippen LogP contribution in [0.3, 0.4) is 0 Å². The Kier molecular flexibility index (Phi) is 4.80. The van der Waals surface area contributed by atoms with Crippen LogP contribution < -0.4 is 4.74 Å². The lowest BCUT2D eigenvalue weighted by atomic mass is 10.1. The normalized spacial score (nSPS) is 10.6. The first-order valence-electron chi connectivity index (χ1n) is 8.00. The first-order chi connectivity index (χ1) is 11.7. The van der Waals surface area contributed by atoms with Crippen molar-refractivity contribution in [2.45, 2.75) is 13.0 Å². The summed E-state index contributed by atoms with van der Waals surface area (Å²) in [6.07, 6.45) is 0.397. The number of hydrogen-bond donors (Lipinski definition) is 0. The van der Waals surface area contributed by atoms with E-state index in [4.69, 9.17) is 4.74 Å². The highest BCUT2D eigenvalue weighted by molar-refractivity contribution is 5.83. The lowest BCUT2D eigenvalue weighted by Gasteiger charge is -2.18. The minimum absolute atomic E-state index is 0.105. The van der Waals surface area contributed by atoms with Gasteiger partial charge in [0.15, 0.2) is 0 Å². The largest absolute Gasteiger partial charge is 0.497 e. The van der Waals surface area contributed by atoms with Crippen LogP contribution in [0.5, 0.6) is 5.75 Å². The van der Waals surface area contributed by atoms with Crippen molar-refractivity contribution in [3.8, 4) is 5.75 Å². The molecule has 0 N–H and O–H groups in total. The summed E-state index contributed by atoms with van der Waals surface area (Å²) in [7, 11) is 3.48. The fourth-order valence-electron chi connectivity index (χ4n) is 2.75. The number of likely N-dealkylation sites (N-methyl/N-ethyl adjacent to an activating group) is 1. The SMILES string of the molecule is COc1ccc(CC(=O)N(C)Cc2ccc3ccccc3c2)cc1. The van der Waals surface area contributed by atoms with Crippen LogP contribution in [0, 0.1) is 0 Å². The van der Waals surface area contributed by atoms with Crippen molar-refractivity contribution in [1.82, 2.24) is 4.90 Å². The van der Waals surface area contributed by atoms with E-state index in [1.807, 2.05) is 43.4 Å². The second-order valence-electron chi connectivity index (χ2n) is 5.96. The van der Waals surface area contributed by atoms with Gasteiger partial charge in [0.05, 0.1) is 13.5 Å². The van der Waals surface area contributed by atoms with Gasteiger partial charge in [-0.1, -0.05) is 48.5 Å². The molecule has 0 aliphatic rings. The number of rotatable bonds is 5. The molecule has 122 valence electrons. The molecule has 0 bridgehead atoms. The van der Waals surface area contributed by atoms with E-state index in [0.717, 1.165) is 16.9 Å². The Morgan fingerprint density at radius 3 is 2.29 bits per heavy atom. The summed E-state index contributed by atoms with van der Waals surface area (Å²) in [5.74, 6) is 0.907. The van der Waals surface area contributed by atoms with Crippen molar-refractivity contribution in [1.29, 1.82) is 0 Å². The number of amides is 1. The van der Waals surface area contributed by atoms with E-state index in [2.05, 4.69) is 30.3 Å². The van der Waals surface area contributed by atoms with Crippen molar-refractivity contribution in [2.24, 2.45) is 0 Å². The summed E-state index contributed by atoms with van der Waals surface area (Å²) in [6, 6.07) is 22.2. The van der Waals surface area contributed by atoms with Gasteiger partial charge in [0.25, 0.3) is 0 Å². The molecule has 0 aliphatic heterocycles. The monoisotopic (exact) mass is 319 g/mol. The lowest BCUT2D eigenvalue weighted by Crippen LogP contribution is -2.27. The molecule has 0 aliphatic carbocycles. The summed E-state index contributed by atoms with van der Waals surface area (Å²) in [6.45, 7) is 0.611. The molecule has 0 spiro atoms. The molecule has 0 fully saturated rings. The zero-order valence-electron chi connectivity index (χ0n) is 14.0. The molecule has 0 saturated heterocycles. The Hall–Kier alpha value is -2.81. The third-order valence-corrected chi connectivity index (χ3v) is 4.17. The molecule has 0 heterocycles. The molecule has 0 saturated carbocycles. The minimum atomic E-state index is 0.105. The van der Waals surface area contributed by atoms with E-state index in [1.165, 1.54) is 10.8 Å². The summed E-state index contributed by atoms with van der Waals surface area (Å²) < 4.78 is 5.14. The van der Waals surface area contributed by atoms with Gasteiger partial charge in [-0.25, -0.2) is 0 Å². The fourth-order valence-corrected chi connectivity index (χ4v) is 2.75. The van der Waals surface area contributed by atoms with Crippen molar-refractivity contribution in [3.63, 3.8) is 0 Å². The molecule has 3 rings (SSSR count). The van der Waals surface area contributed by atoms with Crippen molar-refractivity contribution in [3.05, 3.63) is 77.9 Å². The molecule has 1 amide bonds. The Balaban J connectivity index is 1.65. The fraction of sp³-hybridized carbons (Fsp3) is 0.190. The van der Waals surface area contributed by atoms with Gasteiger partial charge in [-0.3, -0.25) is 4.79 Å². The van der Waals surface area contributed by atoms with Crippen LogP contribution in [-0.2, 0) is 17.8 Å². The minimum Gasteiger partial charge on any atom is -0.497 e. The van der Waals surface area contributed by atoms with Gasteiger partial charge in [-0.2, -0.15) is 0 Å². The molecule has 0 unspecified atom stereocenters. The Morgan fingerprint density at radius 1 is 0.917 bits per heavy atom. The topological polar surface area (TPSA) is 29.5 Å². The maximum Gasteiger partial charge on any atom is 0.227 e. The first kappa shape index (κ1) is 16.1. The predicted octanol–water partition coefficient (Wildman–Crippen LogP) is 4.05. The summed E-state index contributed by atoms with van der Waals surface area (Å²) in [5, 5.41) is 2.42. The molecular weight excluding hydrogens is 298 g/mol. The average molecular weight is 319 g/mol. The second-order valence-corrected chi connectivity index (χ2v) is 5.96.